The summed E-state index contributed by atoms with van der Waals surface area (Å²) in [7, 11) is 0. The fourth-order valence-electron chi connectivity index (χ4n) is 7.32. The van der Waals surface area contributed by atoms with Crippen LogP contribution >= 0.6 is 15.9 Å². The van der Waals surface area contributed by atoms with Crippen molar-refractivity contribution >= 4 is 50.4 Å². The zero-order chi connectivity index (χ0) is 25.2. The summed E-state index contributed by atoms with van der Waals surface area (Å²) in [4.78, 5) is 44.4. The number of amides is 2. The molecule has 36 heavy (non-hydrogen) atoms. The summed E-state index contributed by atoms with van der Waals surface area (Å²) in [5.74, 6) is -1.94. The second-order valence-corrected chi connectivity index (χ2v) is 10.8. The lowest BCUT2D eigenvalue weighted by molar-refractivity contribution is -0.134. The summed E-state index contributed by atoms with van der Waals surface area (Å²) in [6.07, 6.45) is 0.918. The number of carbonyl (C=O) groups is 3. The van der Waals surface area contributed by atoms with E-state index in [1.54, 1.807) is 12.1 Å². The summed E-state index contributed by atoms with van der Waals surface area (Å²) in [5.41, 5.74) is 2.16. The first-order valence-electron chi connectivity index (χ1n) is 12.5. The van der Waals surface area contributed by atoms with Crippen molar-refractivity contribution in [2.75, 3.05) is 4.90 Å². The molecule has 2 bridgehead atoms. The van der Waals surface area contributed by atoms with Gasteiger partial charge in [-0.15, -0.1) is 0 Å². The van der Waals surface area contributed by atoms with Crippen molar-refractivity contribution in [3.8, 4) is 0 Å². The maximum absolute atomic E-state index is 14.7. The Morgan fingerprint density at radius 3 is 1.58 bits per heavy atom. The molecule has 1 saturated heterocycles. The molecule has 1 aliphatic heterocycles. The highest BCUT2D eigenvalue weighted by atomic mass is 79.9. The predicted molar refractivity (Wildman–Crippen MR) is 144 cm³/mol. The number of benzene rings is 3. The molecule has 1 saturated carbocycles. The van der Waals surface area contributed by atoms with Crippen molar-refractivity contribution < 1.29 is 14.4 Å². The van der Waals surface area contributed by atoms with Gasteiger partial charge in [0.25, 0.3) is 0 Å². The Balaban J connectivity index is 1.68. The summed E-state index contributed by atoms with van der Waals surface area (Å²) in [5, 5.41) is 0. The van der Waals surface area contributed by atoms with Gasteiger partial charge in [-0.05, 0) is 53.3 Å². The molecule has 0 unspecified atom stereocenters. The van der Waals surface area contributed by atoms with Gasteiger partial charge in [-0.3, -0.25) is 14.4 Å². The van der Waals surface area contributed by atoms with Crippen molar-refractivity contribution in [2.24, 2.45) is 22.7 Å². The number of halogens is 1. The van der Waals surface area contributed by atoms with Gasteiger partial charge in [-0.1, -0.05) is 96.5 Å². The minimum absolute atomic E-state index is 0.0308. The smallest absolute Gasteiger partial charge is 0.239 e. The Morgan fingerprint density at radius 1 is 0.694 bits per heavy atom. The van der Waals surface area contributed by atoms with E-state index in [1.807, 2.05) is 86.6 Å². The summed E-state index contributed by atoms with van der Waals surface area (Å²) >= 11 is 3.47. The lowest BCUT2D eigenvalue weighted by atomic mass is 9.60. The van der Waals surface area contributed by atoms with Gasteiger partial charge in [0.1, 0.15) is 0 Å². The molecule has 0 N–H and O–H groups in total. The second kappa shape index (κ2) is 8.10. The number of anilines is 1. The Morgan fingerprint density at radius 2 is 1.17 bits per heavy atom. The number of hydrogen-bond donors (Lipinski definition) is 0. The van der Waals surface area contributed by atoms with Crippen LogP contribution in [0, 0.1) is 22.7 Å². The van der Waals surface area contributed by atoms with E-state index >= 15 is 0 Å². The first-order valence-corrected chi connectivity index (χ1v) is 13.3. The molecule has 2 fully saturated rings. The third-order valence-electron chi connectivity index (χ3n) is 8.63. The Labute approximate surface area is 219 Å². The first-order chi connectivity index (χ1) is 17.4. The third-order valence-corrected chi connectivity index (χ3v) is 9.12. The quantitative estimate of drug-likeness (QED) is 0.345. The molecule has 4 nitrogen and oxygen atoms in total. The van der Waals surface area contributed by atoms with E-state index in [-0.39, 0.29) is 17.6 Å². The lowest BCUT2D eigenvalue weighted by Gasteiger charge is -2.38. The number of nitrogens with zero attached hydrogens (tertiary/aromatic N) is 1. The van der Waals surface area contributed by atoms with Gasteiger partial charge in [0.05, 0.1) is 28.4 Å². The van der Waals surface area contributed by atoms with Crippen molar-refractivity contribution in [1.82, 2.24) is 0 Å². The van der Waals surface area contributed by atoms with Crippen LogP contribution in [0.5, 0.6) is 0 Å². The number of Topliss-reactive ketones (excluding diaryl/α,β-unsaturated/α-hetero) is 1. The van der Waals surface area contributed by atoms with E-state index in [0.29, 0.717) is 18.5 Å². The fourth-order valence-corrected chi connectivity index (χ4v) is 7.71. The highest BCUT2D eigenvalue weighted by Gasteiger charge is 2.80. The maximum Gasteiger partial charge on any atom is 0.239 e. The molecule has 0 spiro atoms. The summed E-state index contributed by atoms with van der Waals surface area (Å²) in [6.45, 7) is 3.97. The van der Waals surface area contributed by atoms with E-state index < -0.39 is 22.7 Å². The van der Waals surface area contributed by atoms with Gasteiger partial charge in [-0.2, -0.15) is 0 Å². The molecule has 0 aromatic heterocycles. The van der Waals surface area contributed by atoms with Gasteiger partial charge in [0.15, 0.2) is 5.78 Å². The Bertz CT molecular complexity index is 1360. The molecule has 2 amide bonds. The molecule has 3 aliphatic rings. The SMILES string of the molecule is CC[C@]12C(=O)[C@](CC)(C(c3ccccc3)=C1c1ccccc1)[C@H]1C(=O)N(c3cccc(Br)c3)C(=O)[C@@H]12. The molecule has 3 aromatic rings. The standard InChI is InChI=1S/C31H26BrNO3/c1-3-30-23(19-12-7-5-8-13-19)24(20-14-9-6-10-15-20)31(4-2,29(30)36)26-25(30)27(34)33(28(26)35)22-17-11-16-21(32)18-22/h5-18,25-26H,3-4H2,1-2H3/t25-,26-,30-,31+/m1/s1. The molecule has 6 rings (SSSR count). The minimum atomic E-state index is -1.05. The van der Waals surface area contributed by atoms with Gasteiger partial charge in [0.2, 0.25) is 11.8 Å². The number of fused-ring (bicyclic) bond motifs is 5. The van der Waals surface area contributed by atoms with Crippen molar-refractivity contribution in [3.63, 3.8) is 0 Å². The highest BCUT2D eigenvalue weighted by Crippen LogP contribution is 2.75. The van der Waals surface area contributed by atoms with E-state index in [9.17, 15) is 14.4 Å². The van der Waals surface area contributed by atoms with Crippen LogP contribution in [0.4, 0.5) is 5.69 Å². The topological polar surface area (TPSA) is 54.5 Å². The van der Waals surface area contributed by atoms with Crippen molar-refractivity contribution in [1.29, 1.82) is 0 Å². The molecular formula is C31H26BrNO3. The lowest BCUT2D eigenvalue weighted by Crippen LogP contribution is -2.41. The van der Waals surface area contributed by atoms with Crippen LogP contribution in [0.1, 0.15) is 37.8 Å². The second-order valence-electron chi connectivity index (χ2n) is 9.91. The van der Waals surface area contributed by atoms with E-state index in [0.717, 1.165) is 26.7 Å². The van der Waals surface area contributed by atoms with Crippen molar-refractivity contribution in [3.05, 3.63) is 101 Å². The Kier molecular flexibility index (Phi) is 5.20. The van der Waals surface area contributed by atoms with Gasteiger partial charge in [-0.25, -0.2) is 4.90 Å². The molecule has 5 heteroatoms. The number of hydrogen-bond acceptors (Lipinski definition) is 3. The zero-order valence-corrected chi connectivity index (χ0v) is 21.8. The van der Waals surface area contributed by atoms with Gasteiger partial charge in [0, 0.05) is 4.47 Å². The molecule has 2 aliphatic carbocycles. The van der Waals surface area contributed by atoms with E-state index in [4.69, 9.17) is 0 Å². The molecule has 180 valence electrons. The number of allylic oxidation sites excluding steroid dienone is 2. The predicted octanol–water partition coefficient (Wildman–Crippen LogP) is 6.55. The van der Waals surface area contributed by atoms with Gasteiger partial charge < -0.3 is 0 Å². The maximum atomic E-state index is 14.7. The fraction of sp³-hybridized carbons (Fsp3) is 0.258. The zero-order valence-electron chi connectivity index (χ0n) is 20.2. The van der Waals surface area contributed by atoms with E-state index in [2.05, 4.69) is 15.9 Å². The average Bonchev–Trinajstić information content (AvgIpc) is 3.40. The van der Waals surface area contributed by atoms with E-state index in [1.165, 1.54) is 4.90 Å². The van der Waals surface area contributed by atoms with Crippen LogP contribution in [-0.4, -0.2) is 17.6 Å². The van der Waals surface area contributed by atoms with Crippen LogP contribution in [-0.2, 0) is 14.4 Å². The number of ketones is 1. The molecule has 4 atom stereocenters. The normalized spacial score (nSPS) is 28.9. The highest BCUT2D eigenvalue weighted by molar-refractivity contribution is 9.10. The number of imide groups is 1. The number of rotatable bonds is 5. The summed E-state index contributed by atoms with van der Waals surface area (Å²) in [6, 6.07) is 27.1. The van der Waals surface area contributed by atoms with Crippen molar-refractivity contribution in [2.45, 2.75) is 26.7 Å². The monoisotopic (exact) mass is 539 g/mol. The van der Waals surface area contributed by atoms with Crippen LogP contribution in [0.15, 0.2) is 89.4 Å². The van der Waals surface area contributed by atoms with Gasteiger partial charge >= 0.3 is 0 Å². The minimum Gasteiger partial charge on any atom is -0.298 e. The third kappa shape index (κ3) is 2.67. The first kappa shape index (κ1) is 23.1. The molecular weight excluding hydrogens is 514 g/mol. The van der Waals surface area contributed by atoms with Crippen LogP contribution in [0.2, 0.25) is 0 Å². The van der Waals surface area contributed by atoms with Crippen LogP contribution < -0.4 is 4.90 Å². The average molecular weight is 540 g/mol. The molecule has 3 aromatic carbocycles. The van der Waals surface area contributed by atoms with Crippen LogP contribution in [0.3, 0.4) is 0 Å². The number of carbonyl (C=O) groups excluding carboxylic acids is 3. The summed E-state index contributed by atoms with van der Waals surface area (Å²) < 4.78 is 0.792. The largest absolute Gasteiger partial charge is 0.298 e. The molecule has 1 heterocycles. The molecule has 0 radical (unpaired) electrons. The van der Waals surface area contributed by atoms with Crippen LogP contribution in [0.25, 0.3) is 11.1 Å². The Hall–Kier alpha value is -3.31.